The maximum atomic E-state index is 15.5. The smallest absolute Gasteiger partial charge is 0.232 e. The molecule has 226 valence electrons. The van der Waals surface area contributed by atoms with Crippen molar-refractivity contribution in [2.75, 3.05) is 66.0 Å². The van der Waals surface area contributed by atoms with E-state index in [-0.39, 0.29) is 43.2 Å². The average molecular weight is 567 g/mol. The van der Waals surface area contributed by atoms with Crippen LogP contribution in [0.15, 0.2) is 16.8 Å². The van der Waals surface area contributed by atoms with Gasteiger partial charge in [-0.15, -0.1) is 0 Å². The molecule has 10 nitrogen and oxygen atoms in total. The van der Waals surface area contributed by atoms with Crippen molar-refractivity contribution in [1.82, 2.24) is 30.7 Å². The minimum absolute atomic E-state index is 0.0408. The Balaban J connectivity index is 1.45. The van der Waals surface area contributed by atoms with Crippen molar-refractivity contribution in [3.63, 3.8) is 0 Å². The van der Waals surface area contributed by atoms with Crippen LogP contribution in [0.4, 0.5) is 8.78 Å². The third kappa shape index (κ3) is 7.37. The molecular weight excluding hydrogens is 518 g/mol. The minimum atomic E-state index is -1.20. The van der Waals surface area contributed by atoms with Gasteiger partial charge in [-0.3, -0.25) is 19.5 Å². The number of piperidine rings is 1. The molecule has 3 fully saturated rings. The number of amides is 2. The highest BCUT2D eigenvalue weighted by Crippen LogP contribution is 2.27. The van der Waals surface area contributed by atoms with Gasteiger partial charge in [0.25, 0.3) is 0 Å². The number of likely N-dealkylation sites (tertiary alicyclic amines) is 1. The Kier molecular flexibility index (Phi) is 10.5. The highest BCUT2D eigenvalue weighted by atomic mass is 19.1. The number of hydrogen-bond acceptors (Lipinski definition) is 8. The average Bonchev–Trinajstić information content (AvgIpc) is 3.39. The van der Waals surface area contributed by atoms with Gasteiger partial charge in [-0.25, -0.2) is 8.78 Å². The summed E-state index contributed by atoms with van der Waals surface area (Å²) in [5.74, 6) is -1.16. The molecule has 4 rings (SSSR count). The van der Waals surface area contributed by atoms with Crippen molar-refractivity contribution in [2.24, 2.45) is 28.5 Å². The number of rotatable bonds is 5. The first-order valence-electron chi connectivity index (χ1n) is 14.8. The monoisotopic (exact) mass is 566 g/mol. The quantitative estimate of drug-likeness (QED) is 0.373. The number of alkyl halides is 2. The van der Waals surface area contributed by atoms with Gasteiger partial charge in [0, 0.05) is 63.6 Å². The lowest BCUT2D eigenvalue weighted by Crippen LogP contribution is -2.66. The van der Waals surface area contributed by atoms with Gasteiger partial charge in [0.05, 0.1) is 30.7 Å². The van der Waals surface area contributed by atoms with Crippen LogP contribution in [0.2, 0.25) is 0 Å². The van der Waals surface area contributed by atoms with E-state index in [1.54, 1.807) is 13.0 Å². The molecule has 0 aromatic heterocycles. The molecule has 0 radical (unpaired) electrons. The van der Waals surface area contributed by atoms with E-state index in [1.165, 1.54) is 0 Å². The van der Waals surface area contributed by atoms with Crippen LogP contribution in [0.25, 0.3) is 0 Å². The van der Waals surface area contributed by atoms with Crippen LogP contribution < -0.4 is 21.7 Å². The maximum Gasteiger partial charge on any atom is 0.232 e. The summed E-state index contributed by atoms with van der Waals surface area (Å²) in [4.78, 5) is 37.5. The lowest BCUT2D eigenvalue weighted by Gasteiger charge is -2.41. The number of nitrogens with two attached hydrogens (primary N) is 1. The number of aliphatic imine (C=N–C) groups is 1. The van der Waals surface area contributed by atoms with Crippen molar-refractivity contribution >= 4 is 17.5 Å². The highest BCUT2D eigenvalue weighted by Gasteiger charge is 2.44. The standard InChI is InChI=1S/C28H48F2N8O2/c1-17(2)22-6-5-20(29)13-33-18(3)24(26(31)34-22)27(39)35-23-15-32-14-21(30)25(23)38-8-7-19(16-38)28(40)37-11-9-36(4)10-12-37/h6,17,19-21,23-26,32,34H,5,7-16,31H2,1-4H3,(H,35,39)/b22-6-,33-18+. The van der Waals surface area contributed by atoms with Gasteiger partial charge in [-0.2, -0.15) is 0 Å². The Labute approximate surface area is 237 Å². The maximum absolute atomic E-state index is 15.5. The number of hydrogen-bond donors (Lipinski definition) is 4. The lowest BCUT2D eigenvalue weighted by atomic mass is 9.93. The van der Waals surface area contributed by atoms with Crippen molar-refractivity contribution < 1.29 is 18.4 Å². The van der Waals surface area contributed by atoms with Crippen molar-refractivity contribution in [3.05, 3.63) is 11.8 Å². The van der Waals surface area contributed by atoms with Crippen molar-refractivity contribution in [2.45, 2.75) is 64.2 Å². The largest absolute Gasteiger partial charge is 0.372 e. The van der Waals surface area contributed by atoms with E-state index in [0.29, 0.717) is 31.8 Å². The number of carbonyl (C=O) groups excluding carboxylic acids is 2. The summed E-state index contributed by atoms with van der Waals surface area (Å²) in [5.41, 5.74) is 7.74. The fourth-order valence-electron chi connectivity index (χ4n) is 6.33. The minimum Gasteiger partial charge on any atom is -0.372 e. The Bertz CT molecular complexity index is 955. The molecule has 3 saturated heterocycles. The molecule has 0 aromatic carbocycles. The molecule has 0 bridgehead atoms. The molecule has 2 amide bonds. The first-order chi connectivity index (χ1) is 19.0. The van der Waals surface area contributed by atoms with E-state index in [1.807, 2.05) is 23.6 Å². The number of likely N-dealkylation sites (N-methyl/N-ethyl adjacent to an activating group) is 1. The third-order valence-corrected chi connectivity index (χ3v) is 8.80. The molecular formula is C28H48F2N8O2. The first-order valence-corrected chi connectivity index (χ1v) is 14.8. The summed E-state index contributed by atoms with van der Waals surface area (Å²) in [5, 5.41) is 9.37. The zero-order chi connectivity index (χ0) is 29.0. The van der Waals surface area contributed by atoms with Crippen LogP contribution in [0, 0.1) is 17.8 Å². The molecule has 40 heavy (non-hydrogen) atoms. The van der Waals surface area contributed by atoms with Crippen LogP contribution in [0.5, 0.6) is 0 Å². The molecule has 4 aliphatic rings. The van der Waals surface area contributed by atoms with Crippen LogP contribution in [-0.4, -0.2) is 129 Å². The van der Waals surface area contributed by atoms with E-state index in [9.17, 15) is 14.0 Å². The van der Waals surface area contributed by atoms with Crippen LogP contribution in [0.1, 0.15) is 33.6 Å². The Hall–Kier alpha value is -2.15. The summed E-state index contributed by atoms with van der Waals surface area (Å²) < 4.78 is 29.9. The molecule has 4 aliphatic heterocycles. The van der Waals surface area contributed by atoms with E-state index in [2.05, 4.69) is 32.9 Å². The van der Waals surface area contributed by atoms with Gasteiger partial charge in [0.2, 0.25) is 11.8 Å². The van der Waals surface area contributed by atoms with E-state index in [4.69, 9.17) is 5.73 Å². The second-order valence-electron chi connectivity index (χ2n) is 12.2. The summed E-state index contributed by atoms with van der Waals surface area (Å²) in [7, 11) is 2.06. The molecule has 0 aliphatic carbocycles. The van der Waals surface area contributed by atoms with Crippen LogP contribution in [-0.2, 0) is 9.59 Å². The summed E-state index contributed by atoms with van der Waals surface area (Å²) in [6.07, 6.45) is -0.433. The van der Waals surface area contributed by atoms with Gasteiger partial charge in [-0.05, 0) is 32.9 Å². The summed E-state index contributed by atoms with van der Waals surface area (Å²) in [6.45, 7) is 10.5. The van der Waals surface area contributed by atoms with E-state index < -0.39 is 36.5 Å². The Morgan fingerprint density at radius 2 is 1.88 bits per heavy atom. The zero-order valence-electron chi connectivity index (χ0n) is 24.4. The molecule has 0 spiro atoms. The SMILES string of the molecule is C/C1=N\CC(F)C/C=C(/C(C)C)NC(N)C1C(=O)NC1CNCC(F)C1N1CCC(C(=O)N2CCN(C)CC2)C1. The fourth-order valence-corrected chi connectivity index (χ4v) is 6.33. The number of nitrogens with zero attached hydrogens (tertiary/aromatic N) is 4. The second kappa shape index (κ2) is 13.7. The van der Waals surface area contributed by atoms with Crippen LogP contribution in [0.3, 0.4) is 0 Å². The molecule has 4 heterocycles. The van der Waals surface area contributed by atoms with Gasteiger partial charge in [0.1, 0.15) is 18.3 Å². The zero-order valence-corrected chi connectivity index (χ0v) is 24.4. The second-order valence-corrected chi connectivity index (χ2v) is 12.2. The normalized spacial score (nSPS) is 37.7. The molecule has 7 atom stereocenters. The lowest BCUT2D eigenvalue weighted by molar-refractivity contribution is -0.137. The Morgan fingerprint density at radius 1 is 1.15 bits per heavy atom. The van der Waals surface area contributed by atoms with Gasteiger partial charge < -0.3 is 31.5 Å². The predicted molar refractivity (Wildman–Crippen MR) is 152 cm³/mol. The Morgan fingerprint density at radius 3 is 2.58 bits per heavy atom. The number of nitrogens with one attached hydrogen (secondary N) is 3. The number of allylic oxidation sites excluding steroid dienone is 2. The van der Waals surface area contributed by atoms with Crippen molar-refractivity contribution in [3.8, 4) is 0 Å². The molecule has 7 unspecified atom stereocenters. The van der Waals surface area contributed by atoms with Crippen LogP contribution >= 0.6 is 0 Å². The predicted octanol–water partition coefficient (Wildman–Crippen LogP) is 0.110. The number of halogens is 2. The molecule has 5 N–H and O–H groups in total. The topological polar surface area (TPSA) is 118 Å². The molecule has 12 heteroatoms. The highest BCUT2D eigenvalue weighted by molar-refractivity contribution is 6.04. The number of piperazine rings is 1. The first kappa shape index (κ1) is 30.8. The van der Waals surface area contributed by atoms with Gasteiger partial charge in [-0.1, -0.05) is 19.9 Å². The third-order valence-electron chi connectivity index (χ3n) is 8.80. The number of carbonyl (C=O) groups is 2. The fraction of sp³-hybridized carbons (Fsp3) is 0.821. The summed E-state index contributed by atoms with van der Waals surface area (Å²) in [6, 6.07) is -1.07. The van der Waals surface area contributed by atoms with Crippen molar-refractivity contribution in [1.29, 1.82) is 0 Å². The van der Waals surface area contributed by atoms with E-state index in [0.717, 1.165) is 31.9 Å². The molecule has 0 aromatic rings. The van der Waals surface area contributed by atoms with Gasteiger partial charge >= 0.3 is 0 Å². The summed E-state index contributed by atoms with van der Waals surface area (Å²) >= 11 is 0. The van der Waals surface area contributed by atoms with E-state index >= 15 is 4.39 Å². The molecule has 0 saturated carbocycles. The van der Waals surface area contributed by atoms with Gasteiger partial charge in [0.15, 0.2) is 0 Å².